The van der Waals surface area contributed by atoms with Crippen molar-refractivity contribution in [2.24, 2.45) is 0 Å². The first-order chi connectivity index (χ1) is 8.54. The topological polar surface area (TPSA) is 66.9 Å². The van der Waals surface area contributed by atoms with Gasteiger partial charge < -0.3 is 19.3 Å². The smallest absolute Gasteiger partial charge is 0.409 e. The third-order valence-electron chi connectivity index (χ3n) is 2.85. The predicted octanol–water partition coefficient (Wildman–Crippen LogP) is 0.656. The molecule has 0 saturated carbocycles. The Morgan fingerprint density at radius 2 is 1.56 bits per heavy atom. The zero-order valence-corrected chi connectivity index (χ0v) is 11.0. The van der Waals surface area contributed by atoms with E-state index in [0.717, 1.165) is 0 Å². The van der Waals surface area contributed by atoms with Crippen LogP contribution in [0.3, 0.4) is 0 Å². The second kappa shape index (κ2) is 6.98. The first-order valence-corrected chi connectivity index (χ1v) is 6.23. The number of ketones is 1. The molecule has 0 bridgehead atoms. The Balaban J connectivity index is 2.32. The molecule has 0 aliphatic carbocycles. The highest BCUT2D eigenvalue weighted by molar-refractivity contribution is 5.83. The van der Waals surface area contributed by atoms with Crippen molar-refractivity contribution in [2.45, 2.75) is 26.7 Å². The molecule has 0 atom stereocenters. The van der Waals surface area contributed by atoms with Crippen LogP contribution in [-0.4, -0.2) is 60.4 Å². The molecule has 0 spiro atoms. The van der Waals surface area contributed by atoms with E-state index in [2.05, 4.69) is 0 Å². The molecular weight excluding hydrogens is 236 g/mol. The number of carbonyl (C=O) groups excluding carboxylic acids is 3. The summed E-state index contributed by atoms with van der Waals surface area (Å²) in [5.41, 5.74) is 0. The molecule has 0 radical (unpaired) electrons. The molecule has 0 N–H and O–H groups in total. The lowest BCUT2D eigenvalue weighted by Gasteiger charge is -2.34. The van der Waals surface area contributed by atoms with Crippen LogP contribution in [0.5, 0.6) is 0 Å². The molecule has 6 heteroatoms. The van der Waals surface area contributed by atoms with Gasteiger partial charge in [0.15, 0.2) is 0 Å². The van der Waals surface area contributed by atoms with Gasteiger partial charge in [-0.05, 0) is 13.8 Å². The Kier molecular flexibility index (Phi) is 5.61. The van der Waals surface area contributed by atoms with Crippen molar-refractivity contribution in [3.8, 4) is 0 Å². The molecule has 2 amide bonds. The fourth-order valence-electron chi connectivity index (χ4n) is 1.79. The normalized spacial score (nSPS) is 15.4. The number of hydrogen-bond donors (Lipinski definition) is 0. The van der Waals surface area contributed by atoms with Crippen LogP contribution in [0.2, 0.25) is 0 Å². The summed E-state index contributed by atoms with van der Waals surface area (Å²) in [5, 5.41) is 0. The number of piperazine rings is 1. The standard InChI is InChI=1S/C12H20N2O4/c1-3-18-12(17)14-8-6-13(7-9-14)11(16)5-4-10(2)15/h3-9H2,1-2H3. The van der Waals surface area contributed by atoms with Gasteiger partial charge in [-0.3, -0.25) is 4.79 Å². The lowest BCUT2D eigenvalue weighted by atomic mass is 10.2. The number of hydrogen-bond acceptors (Lipinski definition) is 4. The van der Waals surface area contributed by atoms with Crippen LogP contribution in [0.1, 0.15) is 26.7 Å². The van der Waals surface area contributed by atoms with Crippen molar-refractivity contribution in [2.75, 3.05) is 32.8 Å². The summed E-state index contributed by atoms with van der Waals surface area (Å²) in [6.45, 7) is 5.60. The molecule has 0 unspecified atom stereocenters. The summed E-state index contributed by atoms with van der Waals surface area (Å²) in [7, 11) is 0. The average Bonchev–Trinajstić information content (AvgIpc) is 2.36. The van der Waals surface area contributed by atoms with E-state index in [9.17, 15) is 14.4 Å². The molecule has 1 rings (SSSR count). The van der Waals surface area contributed by atoms with E-state index in [1.54, 1.807) is 16.7 Å². The minimum Gasteiger partial charge on any atom is -0.450 e. The second-order valence-electron chi connectivity index (χ2n) is 4.27. The lowest BCUT2D eigenvalue weighted by Crippen LogP contribution is -2.50. The number of Topliss-reactive ketones (excluding diaryl/α,β-unsaturated/α-hetero) is 1. The molecule has 1 heterocycles. The van der Waals surface area contributed by atoms with Crippen LogP contribution in [0.15, 0.2) is 0 Å². The fourth-order valence-corrected chi connectivity index (χ4v) is 1.79. The quantitative estimate of drug-likeness (QED) is 0.741. The van der Waals surface area contributed by atoms with Crippen LogP contribution >= 0.6 is 0 Å². The van der Waals surface area contributed by atoms with Gasteiger partial charge in [-0.15, -0.1) is 0 Å². The monoisotopic (exact) mass is 256 g/mol. The summed E-state index contributed by atoms with van der Waals surface area (Å²) in [6.07, 6.45) is 0.222. The Bertz CT molecular complexity index is 322. The molecule has 0 aromatic rings. The summed E-state index contributed by atoms with van der Waals surface area (Å²) in [4.78, 5) is 37.3. The summed E-state index contributed by atoms with van der Waals surface area (Å²) >= 11 is 0. The van der Waals surface area contributed by atoms with Gasteiger partial charge in [0.25, 0.3) is 0 Å². The summed E-state index contributed by atoms with van der Waals surface area (Å²) in [6, 6.07) is 0. The van der Waals surface area contributed by atoms with Gasteiger partial charge in [-0.2, -0.15) is 0 Å². The van der Waals surface area contributed by atoms with E-state index in [0.29, 0.717) is 32.8 Å². The maximum Gasteiger partial charge on any atom is 0.409 e. The Labute approximate surface area is 107 Å². The number of amides is 2. The number of ether oxygens (including phenoxy) is 1. The summed E-state index contributed by atoms with van der Waals surface area (Å²) < 4.78 is 4.89. The van der Waals surface area contributed by atoms with Gasteiger partial charge in [-0.1, -0.05) is 0 Å². The first-order valence-electron chi connectivity index (χ1n) is 6.23. The highest BCUT2D eigenvalue weighted by Crippen LogP contribution is 2.06. The predicted molar refractivity (Wildman–Crippen MR) is 65.1 cm³/mol. The van der Waals surface area contributed by atoms with Gasteiger partial charge in [0.05, 0.1) is 6.61 Å². The van der Waals surface area contributed by atoms with Crippen molar-refractivity contribution in [3.63, 3.8) is 0 Å². The molecule has 1 fully saturated rings. The van der Waals surface area contributed by atoms with E-state index in [1.807, 2.05) is 0 Å². The van der Waals surface area contributed by atoms with E-state index in [4.69, 9.17) is 4.74 Å². The summed E-state index contributed by atoms with van der Waals surface area (Å²) in [5.74, 6) is 0.00205. The molecule has 102 valence electrons. The molecule has 1 saturated heterocycles. The van der Waals surface area contributed by atoms with Crippen LogP contribution in [0.4, 0.5) is 4.79 Å². The van der Waals surface area contributed by atoms with Gasteiger partial charge in [0, 0.05) is 39.0 Å². The van der Waals surface area contributed by atoms with E-state index in [1.165, 1.54) is 6.92 Å². The highest BCUT2D eigenvalue weighted by atomic mass is 16.6. The first kappa shape index (κ1) is 14.5. The van der Waals surface area contributed by atoms with Crippen molar-refractivity contribution in [3.05, 3.63) is 0 Å². The zero-order chi connectivity index (χ0) is 13.5. The minimum absolute atomic E-state index is 0.0197. The van der Waals surface area contributed by atoms with E-state index < -0.39 is 0 Å². The average molecular weight is 256 g/mol. The van der Waals surface area contributed by atoms with Crippen LogP contribution in [0.25, 0.3) is 0 Å². The Morgan fingerprint density at radius 1 is 1.00 bits per heavy atom. The van der Waals surface area contributed by atoms with Crippen molar-refractivity contribution < 1.29 is 19.1 Å². The molecule has 6 nitrogen and oxygen atoms in total. The number of carbonyl (C=O) groups is 3. The van der Waals surface area contributed by atoms with Crippen molar-refractivity contribution >= 4 is 17.8 Å². The van der Waals surface area contributed by atoms with Gasteiger partial charge in [0.2, 0.25) is 5.91 Å². The number of rotatable bonds is 4. The molecule has 0 aromatic carbocycles. The van der Waals surface area contributed by atoms with Gasteiger partial charge >= 0.3 is 6.09 Å². The molecule has 18 heavy (non-hydrogen) atoms. The largest absolute Gasteiger partial charge is 0.450 e. The van der Waals surface area contributed by atoms with Crippen LogP contribution in [0, 0.1) is 0 Å². The highest BCUT2D eigenvalue weighted by Gasteiger charge is 2.24. The van der Waals surface area contributed by atoms with Crippen molar-refractivity contribution in [1.29, 1.82) is 0 Å². The Morgan fingerprint density at radius 3 is 2.06 bits per heavy atom. The zero-order valence-electron chi connectivity index (χ0n) is 11.0. The minimum atomic E-state index is -0.326. The maximum atomic E-state index is 11.7. The van der Waals surface area contributed by atoms with Crippen LogP contribution < -0.4 is 0 Å². The second-order valence-corrected chi connectivity index (χ2v) is 4.27. The van der Waals surface area contributed by atoms with Crippen molar-refractivity contribution in [1.82, 2.24) is 9.80 Å². The molecule has 1 aliphatic rings. The fraction of sp³-hybridized carbons (Fsp3) is 0.750. The lowest BCUT2D eigenvalue weighted by molar-refractivity contribution is -0.134. The third kappa shape index (κ3) is 4.35. The SMILES string of the molecule is CCOC(=O)N1CCN(C(=O)CCC(C)=O)CC1. The van der Waals surface area contributed by atoms with Gasteiger partial charge in [-0.25, -0.2) is 4.79 Å². The maximum absolute atomic E-state index is 11.7. The van der Waals surface area contributed by atoms with E-state index >= 15 is 0 Å². The van der Waals surface area contributed by atoms with Gasteiger partial charge in [0.1, 0.15) is 5.78 Å². The molecule has 0 aromatic heterocycles. The number of nitrogens with zero attached hydrogens (tertiary/aromatic N) is 2. The Hall–Kier alpha value is -1.59. The third-order valence-corrected chi connectivity index (χ3v) is 2.85. The molecular formula is C12H20N2O4. The van der Waals surface area contributed by atoms with E-state index in [-0.39, 0.29) is 30.6 Å². The molecule has 1 aliphatic heterocycles. The van der Waals surface area contributed by atoms with Crippen LogP contribution in [-0.2, 0) is 14.3 Å².